The second-order valence-electron chi connectivity index (χ2n) is 6.45. The van der Waals surface area contributed by atoms with Crippen LogP contribution in [0, 0.1) is 19.8 Å². The lowest BCUT2D eigenvalue weighted by Crippen LogP contribution is -2.26. The van der Waals surface area contributed by atoms with Crippen molar-refractivity contribution < 1.29 is 0 Å². The molecule has 0 radical (unpaired) electrons. The molecule has 1 aliphatic rings. The fourth-order valence-corrected chi connectivity index (χ4v) is 3.60. The number of thioether (sulfide) groups is 1. The van der Waals surface area contributed by atoms with Gasteiger partial charge in [0.05, 0.1) is 5.71 Å². The van der Waals surface area contributed by atoms with E-state index in [1.165, 1.54) is 22.6 Å². The lowest BCUT2D eigenvalue weighted by molar-refractivity contribution is 0.664. The number of amidine groups is 1. The molecule has 4 nitrogen and oxygen atoms in total. The summed E-state index contributed by atoms with van der Waals surface area (Å²) in [5, 5.41) is 5.49. The molecule has 0 aliphatic carbocycles. The third-order valence-corrected chi connectivity index (χ3v) is 4.90. The molecule has 1 aromatic carbocycles. The Morgan fingerprint density at radius 2 is 2.00 bits per heavy atom. The van der Waals surface area contributed by atoms with E-state index in [0.717, 1.165) is 23.2 Å². The van der Waals surface area contributed by atoms with E-state index in [1.807, 2.05) is 6.07 Å². The first-order valence-electron chi connectivity index (χ1n) is 8.31. The molecule has 0 amide bonds. The number of rotatable bonds is 4. The molecule has 1 aliphatic heterocycles. The average molecular weight is 340 g/mol. The maximum absolute atomic E-state index is 4.57. The largest absolute Gasteiger partial charge is 0.318 e. The standard InChI is InChI=1S/C19H24N4S/c1-13(2)11-20-19-22-21-18(12-24-19)17-10-14(3)23(15(17)4)16-8-6-5-7-9-16/h5-10,13H,11-12H2,1-4H3,(H,20,22). The average Bonchev–Trinajstić information content (AvgIpc) is 2.89. The minimum Gasteiger partial charge on any atom is -0.318 e. The minimum atomic E-state index is 0.565. The molecular weight excluding hydrogens is 316 g/mol. The van der Waals surface area contributed by atoms with Gasteiger partial charge in [0, 0.05) is 34.9 Å². The van der Waals surface area contributed by atoms with Gasteiger partial charge in [-0.1, -0.05) is 43.8 Å². The van der Waals surface area contributed by atoms with Crippen LogP contribution in [0.2, 0.25) is 0 Å². The van der Waals surface area contributed by atoms with Crippen molar-refractivity contribution in [3.63, 3.8) is 0 Å². The number of aliphatic imine (C=N–C) groups is 1. The molecule has 0 atom stereocenters. The molecule has 24 heavy (non-hydrogen) atoms. The van der Waals surface area contributed by atoms with Gasteiger partial charge >= 0.3 is 0 Å². The van der Waals surface area contributed by atoms with Gasteiger partial charge in [-0.3, -0.25) is 10.4 Å². The lowest BCUT2D eigenvalue weighted by Gasteiger charge is -2.16. The van der Waals surface area contributed by atoms with Crippen LogP contribution in [0.3, 0.4) is 0 Å². The molecule has 0 bridgehead atoms. The number of aryl methyl sites for hydroxylation is 1. The van der Waals surface area contributed by atoms with Crippen molar-refractivity contribution in [3.05, 3.63) is 53.3 Å². The monoisotopic (exact) mass is 340 g/mol. The maximum atomic E-state index is 4.57. The highest BCUT2D eigenvalue weighted by molar-refractivity contribution is 8.14. The van der Waals surface area contributed by atoms with Crippen LogP contribution in [0.25, 0.3) is 5.69 Å². The Labute approximate surface area is 148 Å². The van der Waals surface area contributed by atoms with Crippen molar-refractivity contribution in [2.75, 3.05) is 12.3 Å². The highest BCUT2D eigenvalue weighted by Gasteiger charge is 2.19. The molecule has 0 saturated heterocycles. The highest BCUT2D eigenvalue weighted by atomic mass is 32.2. The lowest BCUT2D eigenvalue weighted by atomic mass is 10.1. The summed E-state index contributed by atoms with van der Waals surface area (Å²) in [6.07, 6.45) is 0. The first kappa shape index (κ1) is 16.8. The van der Waals surface area contributed by atoms with E-state index in [9.17, 15) is 0 Å². The molecule has 0 saturated carbocycles. The summed E-state index contributed by atoms with van der Waals surface area (Å²) in [4.78, 5) is 4.56. The Kier molecular flexibility index (Phi) is 5.09. The number of aromatic nitrogens is 1. The summed E-state index contributed by atoms with van der Waals surface area (Å²) in [7, 11) is 0. The second kappa shape index (κ2) is 7.26. The zero-order valence-electron chi connectivity index (χ0n) is 14.7. The Hall–Kier alpha value is -2.01. The Bertz CT molecular complexity index is 772. The normalized spacial score (nSPS) is 16.4. The number of hydrogen-bond donors (Lipinski definition) is 1. The SMILES string of the molecule is Cc1cc(C2=NNC(=NCC(C)C)SC2)c(C)n1-c1ccccc1. The van der Waals surface area contributed by atoms with Gasteiger partial charge in [0.1, 0.15) is 0 Å². The minimum absolute atomic E-state index is 0.565. The van der Waals surface area contributed by atoms with Gasteiger partial charge in [-0.25, -0.2) is 0 Å². The van der Waals surface area contributed by atoms with Crippen molar-refractivity contribution in [1.29, 1.82) is 0 Å². The quantitative estimate of drug-likeness (QED) is 0.908. The topological polar surface area (TPSA) is 41.7 Å². The van der Waals surface area contributed by atoms with Crippen LogP contribution < -0.4 is 5.43 Å². The van der Waals surface area contributed by atoms with Crippen LogP contribution in [0.15, 0.2) is 46.5 Å². The van der Waals surface area contributed by atoms with Crippen LogP contribution in [0.4, 0.5) is 0 Å². The molecule has 2 heterocycles. The molecule has 0 spiro atoms. The number of hydrogen-bond acceptors (Lipinski definition) is 3. The number of benzene rings is 1. The van der Waals surface area contributed by atoms with E-state index in [0.29, 0.717) is 5.92 Å². The maximum Gasteiger partial charge on any atom is 0.177 e. The molecule has 1 aromatic heterocycles. The number of para-hydroxylation sites is 1. The third kappa shape index (κ3) is 3.56. The Morgan fingerprint density at radius 1 is 1.25 bits per heavy atom. The van der Waals surface area contributed by atoms with Crippen molar-refractivity contribution in [2.24, 2.45) is 16.0 Å². The molecular formula is C19H24N4S. The molecule has 0 unspecified atom stereocenters. The summed E-state index contributed by atoms with van der Waals surface area (Å²) in [6.45, 7) is 9.48. The molecule has 5 heteroatoms. The molecule has 126 valence electrons. The van der Waals surface area contributed by atoms with E-state index in [-0.39, 0.29) is 0 Å². The van der Waals surface area contributed by atoms with Crippen molar-refractivity contribution >= 4 is 22.6 Å². The summed E-state index contributed by atoms with van der Waals surface area (Å²) in [5.41, 5.74) is 9.04. The first-order valence-corrected chi connectivity index (χ1v) is 9.29. The van der Waals surface area contributed by atoms with Crippen molar-refractivity contribution in [1.82, 2.24) is 9.99 Å². The van der Waals surface area contributed by atoms with Gasteiger partial charge in [0.25, 0.3) is 0 Å². The second-order valence-corrected chi connectivity index (χ2v) is 7.42. The molecule has 2 aromatic rings. The predicted octanol–water partition coefficient (Wildman–Crippen LogP) is 4.15. The summed E-state index contributed by atoms with van der Waals surface area (Å²) < 4.78 is 2.28. The molecule has 3 rings (SSSR count). The summed E-state index contributed by atoms with van der Waals surface area (Å²) >= 11 is 1.73. The van der Waals surface area contributed by atoms with Crippen LogP contribution in [0.5, 0.6) is 0 Å². The van der Waals surface area contributed by atoms with Crippen LogP contribution in [-0.2, 0) is 0 Å². The fraction of sp³-hybridized carbons (Fsp3) is 0.368. The number of nitrogens with zero attached hydrogens (tertiary/aromatic N) is 3. The van der Waals surface area contributed by atoms with E-state index in [4.69, 9.17) is 0 Å². The van der Waals surface area contributed by atoms with Gasteiger partial charge in [0.15, 0.2) is 5.17 Å². The molecule has 0 fully saturated rings. The van der Waals surface area contributed by atoms with Crippen molar-refractivity contribution in [3.8, 4) is 5.69 Å². The van der Waals surface area contributed by atoms with E-state index in [2.05, 4.69) is 78.1 Å². The van der Waals surface area contributed by atoms with Crippen LogP contribution in [-0.4, -0.2) is 27.7 Å². The van der Waals surface area contributed by atoms with Gasteiger partial charge in [-0.2, -0.15) is 5.10 Å². The van der Waals surface area contributed by atoms with Gasteiger partial charge < -0.3 is 4.57 Å². The van der Waals surface area contributed by atoms with E-state index in [1.54, 1.807) is 11.8 Å². The van der Waals surface area contributed by atoms with E-state index < -0.39 is 0 Å². The Balaban J connectivity index is 1.86. The zero-order valence-corrected chi connectivity index (χ0v) is 15.5. The number of nitrogens with one attached hydrogen (secondary N) is 1. The fourth-order valence-electron chi connectivity index (χ4n) is 2.83. The number of hydrazone groups is 1. The van der Waals surface area contributed by atoms with Gasteiger partial charge in [-0.05, 0) is 38.0 Å². The van der Waals surface area contributed by atoms with E-state index >= 15 is 0 Å². The molecule has 1 N–H and O–H groups in total. The van der Waals surface area contributed by atoms with Crippen LogP contribution >= 0.6 is 11.8 Å². The van der Waals surface area contributed by atoms with Crippen LogP contribution in [0.1, 0.15) is 30.8 Å². The smallest absolute Gasteiger partial charge is 0.177 e. The summed E-state index contributed by atoms with van der Waals surface area (Å²) in [6, 6.07) is 12.7. The highest BCUT2D eigenvalue weighted by Crippen LogP contribution is 2.23. The summed E-state index contributed by atoms with van der Waals surface area (Å²) in [5.74, 6) is 1.42. The Morgan fingerprint density at radius 3 is 2.62 bits per heavy atom. The van der Waals surface area contributed by atoms with Gasteiger partial charge in [0.2, 0.25) is 0 Å². The predicted molar refractivity (Wildman–Crippen MR) is 105 cm³/mol. The first-order chi connectivity index (χ1) is 11.6. The van der Waals surface area contributed by atoms with Gasteiger partial charge in [-0.15, -0.1) is 0 Å². The zero-order chi connectivity index (χ0) is 17.1. The third-order valence-electron chi connectivity index (χ3n) is 3.99. The van der Waals surface area contributed by atoms with Crippen molar-refractivity contribution in [2.45, 2.75) is 27.7 Å².